The van der Waals surface area contributed by atoms with E-state index in [1.165, 1.54) is 49.4 Å². The summed E-state index contributed by atoms with van der Waals surface area (Å²) in [5.74, 6) is -0.917. The van der Waals surface area contributed by atoms with Crippen LogP contribution in [0.5, 0.6) is 0 Å². The van der Waals surface area contributed by atoms with Crippen molar-refractivity contribution in [2.45, 2.75) is 50.8 Å². The second-order valence-electron chi connectivity index (χ2n) is 5.70. The van der Waals surface area contributed by atoms with Crippen molar-refractivity contribution in [1.29, 1.82) is 0 Å². The Kier molecular flexibility index (Phi) is 13.2. The predicted octanol–water partition coefficient (Wildman–Crippen LogP) is 0.578. The Morgan fingerprint density at radius 2 is 1.23 bits per heavy atom. The van der Waals surface area contributed by atoms with Crippen LogP contribution in [0.25, 0.3) is 0 Å². The van der Waals surface area contributed by atoms with Crippen molar-refractivity contribution in [2.24, 2.45) is 0 Å². The SMILES string of the molecule is COC[C@@H](C[C@@H](OC)[C@@H](OC)[C@H](OC(C)=O)[C@H](COC)OC)OC(C)=O. The van der Waals surface area contributed by atoms with Crippen molar-refractivity contribution < 1.29 is 42.7 Å². The van der Waals surface area contributed by atoms with E-state index in [1.54, 1.807) is 0 Å². The molecule has 0 aromatic carbocycles. The zero-order valence-electron chi connectivity index (χ0n) is 16.7. The molecule has 0 amide bonds. The van der Waals surface area contributed by atoms with E-state index in [0.29, 0.717) is 0 Å². The molecule has 26 heavy (non-hydrogen) atoms. The number of hydrogen-bond acceptors (Lipinski definition) is 9. The van der Waals surface area contributed by atoms with Gasteiger partial charge in [-0.15, -0.1) is 0 Å². The Morgan fingerprint density at radius 3 is 1.62 bits per heavy atom. The van der Waals surface area contributed by atoms with E-state index < -0.39 is 42.5 Å². The zero-order valence-corrected chi connectivity index (χ0v) is 16.7. The van der Waals surface area contributed by atoms with Crippen molar-refractivity contribution in [2.75, 3.05) is 48.8 Å². The Labute approximate surface area is 155 Å². The number of hydrogen-bond donors (Lipinski definition) is 0. The fourth-order valence-electron chi connectivity index (χ4n) is 2.70. The summed E-state index contributed by atoms with van der Waals surface area (Å²) in [6, 6.07) is 0. The molecule has 0 N–H and O–H groups in total. The van der Waals surface area contributed by atoms with E-state index in [-0.39, 0.29) is 19.6 Å². The standard InChI is InChI=1S/C17H32O9/c1-11(18)25-13(9-20-3)8-14(22-5)16(24-7)17(26-12(2)19)15(23-6)10-21-4/h13-17H,8-10H2,1-7H3/t13-,14-,15+,16-,17-/m1/s1. The van der Waals surface area contributed by atoms with Crippen LogP contribution < -0.4 is 0 Å². The molecule has 0 saturated heterocycles. The Balaban J connectivity index is 5.46. The summed E-state index contributed by atoms with van der Waals surface area (Å²) < 4.78 is 37.4. The molecule has 0 fully saturated rings. The van der Waals surface area contributed by atoms with Crippen LogP contribution in [0.3, 0.4) is 0 Å². The molecule has 0 rings (SSSR count). The summed E-state index contributed by atoms with van der Waals surface area (Å²) in [7, 11) is 7.48. The van der Waals surface area contributed by atoms with E-state index in [1.807, 2.05) is 0 Å². The van der Waals surface area contributed by atoms with Crippen LogP contribution in [0.4, 0.5) is 0 Å². The minimum atomic E-state index is -0.784. The fourth-order valence-corrected chi connectivity index (χ4v) is 2.70. The van der Waals surface area contributed by atoms with Gasteiger partial charge >= 0.3 is 11.9 Å². The quantitative estimate of drug-likeness (QED) is 0.401. The van der Waals surface area contributed by atoms with Crippen molar-refractivity contribution in [1.82, 2.24) is 0 Å². The first-order valence-electron chi connectivity index (χ1n) is 8.25. The van der Waals surface area contributed by atoms with Gasteiger partial charge in [0.25, 0.3) is 0 Å². The van der Waals surface area contributed by atoms with Gasteiger partial charge in [0, 0.05) is 55.8 Å². The third-order valence-electron chi connectivity index (χ3n) is 3.75. The minimum Gasteiger partial charge on any atom is -0.460 e. The van der Waals surface area contributed by atoms with Gasteiger partial charge in [-0.1, -0.05) is 0 Å². The first kappa shape index (κ1) is 24.7. The Morgan fingerprint density at radius 1 is 0.692 bits per heavy atom. The van der Waals surface area contributed by atoms with Gasteiger partial charge in [0.1, 0.15) is 18.3 Å². The predicted molar refractivity (Wildman–Crippen MR) is 91.9 cm³/mol. The van der Waals surface area contributed by atoms with Crippen LogP contribution in [0.1, 0.15) is 20.3 Å². The number of methoxy groups -OCH3 is 5. The van der Waals surface area contributed by atoms with Crippen molar-refractivity contribution in [3.8, 4) is 0 Å². The lowest BCUT2D eigenvalue weighted by molar-refractivity contribution is -0.187. The second kappa shape index (κ2) is 13.9. The highest BCUT2D eigenvalue weighted by atomic mass is 16.6. The van der Waals surface area contributed by atoms with Crippen LogP contribution in [0.2, 0.25) is 0 Å². The van der Waals surface area contributed by atoms with Gasteiger partial charge < -0.3 is 33.2 Å². The lowest BCUT2D eigenvalue weighted by Crippen LogP contribution is -2.51. The Bertz CT molecular complexity index is 402. The van der Waals surface area contributed by atoms with Crippen LogP contribution >= 0.6 is 0 Å². The lowest BCUT2D eigenvalue weighted by Gasteiger charge is -2.36. The number of rotatable bonds is 14. The van der Waals surface area contributed by atoms with E-state index in [9.17, 15) is 9.59 Å². The average Bonchev–Trinajstić information content (AvgIpc) is 2.57. The molecule has 9 heteroatoms. The highest BCUT2D eigenvalue weighted by molar-refractivity contribution is 5.66. The molecule has 0 aliphatic heterocycles. The maximum Gasteiger partial charge on any atom is 0.303 e. The van der Waals surface area contributed by atoms with Crippen molar-refractivity contribution in [3.05, 3.63) is 0 Å². The molecule has 0 aromatic heterocycles. The van der Waals surface area contributed by atoms with Crippen molar-refractivity contribution >= 4 is 11.9 Å². The third kappa shape index (κ3) is 8.91. The molecule has 0 heterocycles. The van der Waals surface area contributed by atoms with Gasteiger partial charge in [0.2, 0.25) is 0 Å². The summed E-state index contributed by atoms with van der Waals surface area (Å²) in [5, 5.41) is 0. The van der Waals surface area contributed by atoms with E-state index in [2.05, 4.69) is 0 Å². The molecule has 9 nitrogen and oxygen atoms in total. The van der Waals surface area contributed by atoms with Crippen LogP contribution in [-0.4, -0.2) is 91.2 Å². The molecule has 5 atom stereocenters. The van der Waals surface area contributed by atoms with Crippen LogP contribution in [-0.2, 0) is 42.7 Å². The first-order chi connectivity index (χ1) is 12.3. The molecular formula is C17H32O9. The normalized spacial score (nSPS) is 17.0. The van der Waals surface area contributed by atoms with Crippen molar-refractivity contribution in [3.63, 3.8) is 0 Å². The average molecular weight is 380 g/mol. The number of carbonyl (C=O) groups excluding carboxylic acids is 2. The summed E-state index contributed by atoms with van der Waals surface area (Å²) in [5.41, 5.74) is 0. The van der Waals surface area contributed by atoms with E-state index in [4.69, 9.17) is 33.2 Å². The molecule has 154 valence electrons. The van der Waals surface area contributed by atoms with E-state index >= 15 is 0 Å². The molecule has 0 saturated carbocycles. The minimum absolute atomic E-state index is 0.191. The summed E-state index contributed by atoms with van der Waals surface area (Å²) >= 11 is 0. The first-order valence-corrected chi connectivity index (χ1v) is 8.25. The van der Waals surface area contributed by atoms with Crippen LogP contribution in [0.15, 0.2) is 0 Å². The molecule has 0 spiro atoms. The zero-order chi connectivity index (χ0) is 20.1. The van der Waals surface area contributed by atoms with Gasteiger partial charge in [-0.2, -0.15) is 0 Å². The highest BCUT2D eigenvalue weighted by Crippen LogP contribution is 2.21. The number of esters is 2. The topological polar surface area (TPSA) is 98.8 Å². The highest BCUT2D eigenvalue weighted by Gasteiger charge is 2.39. The van der Waals surface area contributed by atoms with Gasteiger partial charge in [-0.25, -0.2) is 0 Å². The molecular weight excluding hydrogens is 348 g/mol. The summed E-state index contributed by atoms with van der Waals surface area (Å²) in [6.45, 7) is 3.00. The maximum atomic E-state index is 11.6. The smallest absolute Gasteiger partial charge is 0.303 e. The molecule has 0 radical (unpaired) electrons. The molecule has 0 aliphatic rings. The third-order valence-corrected chi connectivity index (χ3v) is 3.75. The summed E-state index contributed by atoms with van der Waals surface area (Å²) in [4.78, 5) is 22.9. The van der Waals surface area contributed by atoms with Crippen LogP contribution in [0, 0.1) is 0 Å². The van der Waals surface area contributed by atoms with Gasteiger partial charge in [-0.05, 0) is 0 Å². The van der Waals surface area contributed by atoms with Gasteiger partial charge in [-0.3, -0.25) is 9.59 Å². The maximum absolute atomic E-state index is 11.6. The number of carbonyl (C=O) groups is 2. The number of ether oxygens (including phenoxy) is 7. The second-order valence-corrected chi connectivity index (χ2v) is 5.70. The molecule has 0 aliphatic carbocycles. The lowest BCUT2D eigenvalue weighted by atomic mass is 9.98. The van der Waals surface area contributed by atoms with E-state index in [0.717, 1.165) is 0 Å². The molecule has 0 aromatic rings. The molecule has 0 unspecified atom stereocenters. The fraction of sp³-hybridized carbons (Fsp3) is 0.882. The summed E-state index contributed by atoms with van der Waals surface area (Å²) in [6.07, 6.45) is -2.85. The molecule has 0 bridgehead atoms. The van der Waals surface area contributed by atoms with Gasteiger partial charge in [0.05, 0.1) is 19.3 Å². The monoisotopic (exact) mass is 380 g/mol. The van der Waals surface area contributed by atoms with Gasteiger partial charge in [0.15, 0.2) is 6.10 Å². The largest absolute Gasteiger partial charge is 0.460 e. The Hall–Kier alpha value is -1.26.